The normalized spacial score (nSPS) is 16.9. The molecule has 0 amide bonds. The second-order valence-corrected chi connectivity index (χ2v) is 5.51. The Bertz CT molecular complexity index is 853. The Morgan fingerprint density at radius 1 is 1.00 bits per heavy atom. The molecule has 2 heterocycles. The minimum absolute atomic E-state index is 0.0799. The number of nitrogens with one attached hydrogen (secondary N) is 1. The number of benzene rings is 2. The molecule has 1 aromatic heterocycles. The van der Waals surface area contributed by atoms with Crippen molar-refractivity contribution < 1.29 is 9.52 Å². The molecule has 2 N–H and O–H groups in total. The van der Waals surface area contributed by atoms with Crippen LogP contribution in [0, 0.1) is 0 Å². The van der Waals surface area contributed by atoms with Crippen LogP contribution < -0.4 is 5.32 Å². The molecule has 4 nitrogen and oxygen atoms in total. The predicted molar refractivity (Wildman–Crippen MR) is 90.4 cm³/mol. The Morgan fingerprint density at radius 3 is 2.65 bits per heavy atom. The monoisotopic (exact) mass is 304 g/mol. The van der Waals surface area contributed by atoms with Crippen molar-refractivity contribution in [2.45, 2.75) is 12.5 Å². The number of fused-ring (bicyclic) bond motifs is 1. The molecule has 2 aromatic carbocycles. The van der Waals surface area contributed by atoms with Crippen molar-refractivity contribution in [1.29, 1.82) is 0 Å². The van der Waals surface area contributed by atoms with Crippen LogP contribution in [0.15, 0.2) is 76.3 Å². The topological polar surface area (TPSA) is 57.8 Å². The first-order valence-corrected chi connectivity index (χ1v) is 7.56. The zero-order valence-electron chi connectivity index (χ0n) is 12.4. The van der Waals surface area contributed by atoms with Crippen molar-refractivity contribution in [2.75, 3.05) is 5.32 Å². The van der Waals surface area contributed by atoms with Gasteiger partial charge >= 0.3 is 0 Å². The third kappa shape index (κ3) is 2.59. The van der Waals surface area contributed by atoms with Gasteiger partial charge in [0, 0.05) is 12.0 Å². The second-order valence-electron chi connectivity index (χ2n) is 5.51. The van der Waals surface area contributed by atoms with Crippen LogP contribution in [0.2, 0.25) is 0 Å². The molecule has 0 bridgehead atoms. The van der Waals surface area contributed by atoms with Gasteiger partial charge in [0.2, 0.25) is 0 Å². The molecule has 1 aliphatic heterocycles. The third-order valence-corrected chi connectivity index (χ3v) is 4.00. The van der Waals surface area contributed by atoms with Gasteiger partial charge in [0.05, 0.1) is 29.4 Å². The van der Waals surface area contributed by atoms with Crippen LogP contribution in [-0.2, 0) is 0 Å². The van der Waals surface area contributed by atoms with E-state index in [1.165, 1.54) is 0 Å². The fourth-order valence-electron chi connectivity index (χ4n) is 2.88. The summed E-state index contributed by atoms with van der Waals surface area (Å²) in [5.74, 6) is 1.03. The van der Waals surface area contributed by atoms with E-state index in [1.807, 2.05) is 54.6 Å². The van der Waals surface area contributed by atoms with Crippen LogP contribution in [-0.4, -0.2) is 10.8 Å². The molecule has 0 spiro atoms. The number of furan rings is 1. The Balaban J connectivity index is 1.82. The number of rotatable bonds is 2. The number of hydrogen-bond donors (Lipinski definition) is 2. The van der Waals surface area contributed by atoms with Crippen LogP contribution in [0.25, 0.3) is 0 Å². The van der Waals surface area contributed by atoms with E-state index in [0.29, 0.717) is 6.42 Å². The number of aromatic hydroxyl groups is 1. The van der Waals surface area contributed by atoms with Gasteiger partial charge in [-0.3, -0.25) is 0 Å². The summed E-state index contributed by atoms with van der Waals surface area (Å²) in [6.07, 6.45) is 2.27. The highest BCUT2D eigenvalue weighted by molar-refractivity contribution is 6.02. The van der Waals surface area contributed by atoms with Gasteiger partial charge in [-0.25, -0.2) is 4.99 Å². The van der Waals surface area contributed by atoms with Crippen LogP contribution in [0.1, 0.15) is 23.8 Å². The fraction of sp³-hybridized carbons (Fsp3) is 0.105. The first kappa shape index (κ1) is 13.6. The SMILES string of the molecule is Oc1ccccc1C1CC(c2ccco2)=Nc2ccccc2N1. The molecule has 0 radical (unpaired) electrons. The molecule has 114 valence electrons. The average Bonchev–Trinajstić information content (AvgIpc) is 3.03. The van der Waals surface area contributed by atoms with Gasteiger partial charge in [0.1, 0.15) is 11.5 Å². The summed E-state index contributed by atoms with van der Waals surface area (Å²) in [5.41, 5.74) is 3.53. The Kier molecular flexibility index (Phi) is 3.35. The number of phenolic OH excluding ortho intramolecular Hbond substituents is 1. The van der Waals surface area contributed by atoms with Crippen molar-refractivity contribution >= 4 is 17.1 Å². The Hall–Kier alpha value is -3.01. The number of hydrogen-bond acceptors (Lipinski definition) is 4. The Labute approximate surface area is 134 Å². The molecule has 23 heavy (non-hydrogen) atoms. The summed E-state index contributed by atoms with van der Waals surface area (Å²) in [5, 5.41) is 13.7. The molecule has 1 atom stereocenters. The molecule has 1 unspecified atom stereocenters. The van der Waals surface area contributed by atoms with E-state index < -0.39 is 0 Å². The summed E-state index contributed by atoms with van der Waals surface area (Å²) in [4.78, 5) is 4.77. The van der Waals surface area contributed by atoms with E-state index in [1.54, 1.807) is 12.3 Å². The van der Waals surface area contributed by atoms with Gasteiger partial charge in [-0.1, -0.05) is 30.3 Å². The number of nitrogens with zero attached hydrogens (tertiary/aromatic N) is 1. The van der Waals surface area contributed by atoms with E-state index in [2.05, 4.69) is 5.32 Å². The highest BCUT2D eigenvalue weighted by Crippen LogP contribution is 2.37. The summed E-state index contributed by atoms with van der Waals surface area (Å²) in [7, 11) is 0. The fourth-order valence-corrected chi connectivity index (χ4v) is 2.88. The molecule has 1 aliphatic rings. The first-order chi connectivity index (χ1) is 11.3. The summed E-state index contributed by atoms with van der Waals surface area (Å²) in [6.45, 7) is 0. The van der Waals surface area contributed by atoms with Crippen LogP contribution in [0.5, 0.6) is 5.75 Å². The lowest BCUT2D eigenvalue weighted by Gasteiger charge is -2.19. The maximum atomic E-state index is 10.2. The zero-order valence-corrected chi connectivity index (χ0v) is 12.4. The average molecular weight is 304 g/mol. The maximum absolute atomic E-state index is 10.2. The van der Waals surface area contributed by atoms with Crippen molar-refractivity contribution in [1.82, 2.24) is 0 Å². The maximum Gasteiger partial charge on any atom is 0.148 e. The van der Waals surface area contributed by atoms with Gasteiger partial charge in [0.25, 0.3) is 0 Å². The third-order valence-electron chi connectivity index (χ3n) is 4.00. The van der Waals surface area contributed by atoms with E-state index >= 15 is 0 Å². The summed E-state index contributed by atoms with van der Waals surface area (Å²) < 4.78 is 5.54. The predicted octanol–water partition coefficient (Wildman–Crippen LogP) is 4.66. The van der Waals surface area contributed by atoms with Crippen molar-refractivity contribution in [2.24, 2.45) is 4.99 Å². The smallest absolute Gasteiger partial charge is 0.148 e. The van der Waals surface area contributed by atoms with Crippen molar-refractivity contribution in [3.8, 4) is 5.75 Å². The molecular formula is C19H16N2O2. The highest BCUT2D eigenvalue weighted by Gasteiger charge is 2.23. The van der Waals surface area contributed by atoms with Gasteiger partial charge < -0.3 is 14.8 Å². The molecule has 0 aliphatic carbocycles. The first-order valence-electron chi connectivity index (χ1n) is 7.56. The molecular weight excluding hydrogens is 288 g/mol. The van der Waals surface area contributed by atoms with E-state index in [0.717, 1.165) is 28.4 Å². The van der Waals surface area contributed by atoms with Crippen LogP contribution in [0.3, 0.4) is 0 Å². The number of anilines is 1. The standard InChI is InChI=1S/C19H16N2O2/c22-18-9-4-1-6-13(18)16-12-17(19-10-5-11-23-19)21-15-8-3-2-7-14(15)20-16/h1-11,16,20,22H,12H2. The van der Waals surface area contributed by atoms with Crippen LogP contribution in [0.4, 0.5) is 11.4 Å². The number of phenols is 1. The quantitative estimate of drug-likeness (QED) is 0.723. The molecule has 0 saturated heterocycles. The zero-order chi connectivity index (χ0) is 15.6. The largest absolute Gasteiger partial charge is 0.508 e. The Morgan fingerprint density at radius 2 is 1.83 bits per heavy atom. The summed E-state index contributed by atoms with van der Waals surface area (Å²) in [6, 6.07) is 19.0. The molecule has 4 rings (SSSR count). The van der Waals surface area contributed by atoms with Gasteiger partial charge in [-0.2, -0.15) is 0 Å². The van der Waals surface area contributed by atoms with E-state index in [-0.39, 0.29) is 11.8 Å². The van der Waals surface area contributed by atoms with Crippen molar-refractivity contribution in [3.63, 3.8) is 0 Å². The molecule has 4 heteroatoms. The minimum atomic E-state index is -0.0799. The summed E-state index contributed by atoms with van der Waals surface area (Å²) >= 11 is 0. The lowest BCUT2D eigenvalue weighted by molar-refractivity contribution is 0.464. The highest BCUT2D eigenvalue weighted by atomic mass is 16.3. The van der Waals surface area contributed by atoms with E-state index in [4.69, 9.17) is 9.41 Å². The molecule has 0 saturated carbocycles. The second kappa shape index (κ2) is 5.65. The van der Waals surface area contributed by atoms with Crippen LogP contribution >= 0.6 is 0 Å². The van der Waals surface area contributed by atoms with E-state index in [9.17, 15) is 5.11 Å². The molecule has 3 aromatic rings. The van der Waals surface area contributed by atoms with Gasteiger partial charge in [-0.15, -0.1) is 0 Å². The lowest BCUT2D eigenvalue weighted by atomic mass is 9.99. The van der Waals surface area contributed by atoms with Gasteiger partial charge in [0.15, 0.2) is 0 Å². The lowest BCUT2D eigenvalue weighted by Crippen LogP contribution is -2.14. The van der Waals surface area contributed by atoms with Crippen molar-refractivity contribution in [3.05, 3.63) is 78.3 Å². The van der Waals surface area contributed by atoms with Gasteiger partial charge in [-0.05, 0) is 30.3 Å². The number of aliphatic imine (C=N–C) groups is 1. The minimum Gasteiger partial charge on any atom is -0.508 e. The number of para-hydroxylation sites is 3. The molecule has 0 fully saturated rings.